The Morgan fingerprint density at radius 2 is 2.29 bits per heavy atom. The van der Waals surface area contributed by atoms with E-state index in [1.54, 1.807) is 24.3 Å². The highest BCUT2D eigenvalue weighted by atomic mass is 79.9. The minimum absolute atomic E-state index is 0.326. The lowest BCUT2D eigenvalue weighted by molar-refractivity contribution is 0.102. The zero-order valence-electron chi connectivity index (χ0n) is 11.2. The molecule has 0 aliphatic rings. The smallest absolute Gasteiger partial charge is 0.259 e. The van der Waals surface area contributed by atoms with Gasteiger partial charge in [0.2, 0.25) is 0 Å². The monoisotopic (exact) mass is 369 g/mol. The van der Waals surface area contributed by atoms with Crippen molar-refractivity contribution in [2.45, 2.75) is 6.92 Å². The van der Waals surface area contributed by atoms with Gasteiger partial charge in [0, 0.05) is 0 Å². The average Bonchev–Trinajstić information content (AvgIpc) is 2.45. The van der Waals surface area contributed by atoms with Crippen LogP contribution in [0.1, 0.15) is 17.3 Å². The highest BCUT2D eigenvalue weighted by Gasteiger charge is 2.15. The summed E-state index contributed by atoms with van der Waals surface area (Å²) in [5.74, 6) is 0.0419. The fraction of sp³-hybridized carbons (Fsp3) is 0.143. The summed E-state index contributed by atoms with van der Waals surface area (Å²) in [7, 11) is 0. The van der Waals surface area contributed by atoms with Crippen LogP contribution >= 0.6 is 27.5 Å². The summed E-state index contributed by atoms with van der Waals surface area (Å²) >= 11 is 9.07. The van der Waals surface area contributed by atoms with E-state index < -0.39 is 0 Å². The van der Waals surface area contributed by atoms with Gasteiger partial charge in [-0.05, 0) is 41.1 Å². The normalized spacial score (nSPS) is 10.2. The van der Waals surface area contributed by atoms with Crippen molar-refractivity contribution in [2.75, 3.05) is 17.7 Å². The second kappa shape index (κ2) is 6.78. The number of nitrogen functional groups attached to an aromatic ring is 1. The summed E-state index contributed by atoms with van der Waals surface area (Å²) in [6, 6.07) is 6.69. The molecule has 2 aromatic rings. The van der Waals surface area contributed by atoms with Crippen molar-refractivity contribution >= 4 is 44.8 Å². The lowest BCUT2D eigenvalue weighted by Gasteiger charge is -2.12. The molecular weight excluding hydrogens is 358 g/mol. The number of rotatable bonds is 4. The number of pyridine rings is 1. The van der Waals surface area contributed by atoms with E-state index in [2.05, 4.69) is 26.2 Å². The number of para-hydroxylation sites is 1. The summed E-state index contributed by atoms with van der Waals surface area (Å²) < 4.78 is 6.03. The maximum absolute atomic E-state index is 12.3. The van der Waals surface area contributed by atoms with Crippen LogP contribution in [0.25, 0.3) is 0 Å². The van der Waals surface area contributed by atoms with Crippen LogP contribution in [-0.2, 0) is 0 Å². The van der Waals surface area contributed by atoms with E-state index in [9.17, 15) is 4.79 Å². The molecule has 0 saturated heterocycles. The van der Waals surface area contributed by atoms with Gasteiger partial charge in [-0.3, -0.25) is 4.79 Å². The Labute approximate surface area is 135 Å². The molecule has 0 saturated carbocycles. The standard InChI is InChI=1S/C14H13BrClN3O2/c1-2-21-12-9(4-3-5-11(12)17)14(20)19-8-6-10(15)13(16)18-7-8/h3-7H,2,17H2,1H3,(H,19,20). The van der Waals surface area contributed by atoms with E-state index in [0.29, 0.717) is 38.9 Å². The molecule has 21 heavy (non-hydrogen) atoms. The van der Waals surface area contributed by atoms with Gasteiger partial charge in [0.25, 0.3) is 5.91 Å². The number of aromatic nitrogens is 1. The predicted octanol–water partition coefficient (Wildman–Crippen LogP) is 3.73. The second-order valence-electron chi connectivity index (χ2n) is 4.11. The molecule has 0 unspecified atom stereocenters. The maximum atomic E-state index is 12.3. The number of hydrogen-bond acceptors (Lipinski definition) is 4. The van der Waals surface area contributed by atoms with Crippen LogP contribution in [0, 0.1) is 0 Å². The number of halogens is 2. The molecule has 0 bridgehead atoms. The number of hydrogen-bond donors (Lipinski definition) is 2. The molecule has 0 spiro atoms. The molecule has 2 rings (SSSR count). The molecule has 1 amide bonds. The van der Waals surface area contributed by atoms with E-state index in [1.165, 1.54) is 6.20 Å². The van der Waals surface area contributed by atoms with Crippen LogP contribution in [0.4, 0.5) is 11.4 Å². The van der Waals surface area contributed by atoms with Gasteiger partial charge in [0.05, 0.1) is 34.2 Å². The number of nitrogens with one attached hydrogen (secondary N) is 1. The molecule has 1 aromatic heterocycles. The van der Waals surface area contributed by atoms with E-state index in [-0.39, 0.29) is 5.91 Å². The highest BCUT2D eigenvalue weighted by molar-refractivity contribution is 9.10. The lowest BCUT2D eigenvalue weighted by Crippen LogP contribution is -2.14. The topological polar surface area (TPSA) is 77.2 Å². The highest BCUT2D eigenvalue weighted by Crippen LogP contribution is 2.28. The van der Waals surface area contributed by atoms with E-state index >= 15 is 0 Å². The van der Waals surface area contributed by atoms with Gasteiger partial charge >= 0.3 is 0 Å². The number of ether oxygens (including phenoxy) is 1. The molecule has 7 heteroatoms. The predicted molar refractivity (Wildman–Crippen MR) is 86.9 cm³/mol. The fourth-order valence-corrected chi connectivity index (χ4v) is 2.18. The second-order valence-corrected chi connectivity index (χ2v) is 5.32. The minimum atomic E-state index is -0.332. The Morgan fingerprint density at radius 1 is 1.52 bits per heavy atom. The van der Waals surface area contributed by atoms with Crippen molar-refractivity contribution in [2.24, 2.45) is 0 Å². The third kappa shape index (κ3) is 3.65. The number of carbonyl (C=O) groups is 1. The minimum Gasteiger partial charge on any atom is -0.491 e. The van der Waals surface area contributed by atoms with Crippen molar-refractivity contribution < 1.29 is 9.53 Å². The summed E-state index contributed by atoms with van der Waals surface area (Å²) in [5, 5.41) is 3.05. The Balaban J connectivity index is 2.28. The Morgan fingerprint density at radius 3 is 2.95 bits per heavy atom. The van der Waals surface area contributed by atoms with Crippen molar-refractivity contribution in [1.82, 2.24) is 4.98 Å². The number of benzene rings is 1. The molecule has 0 fully saturated rings. The molecule has 1 aromatic carbocycles. The Kier molecular flexibility index (Phi) is 5.03. The number of nitrogens with two attached hydrogens (primary N) is 1. The first-order valence-corrected chi connectivity index (χ1v) is 7.33. The largest absolute Gasteiger partial charge is 0.491 e. The SMILES string of the molecule is CCOc1c(N)cccc1C(=O)Nc1cnc(Cl)c(Br)c1. The first-order valence-electron chi connectivity index (χ1n) is 6.16. The number of anilines is 2. The van der Waals surface area contributed by atoms with Crippen molar-refractivity contribution in [3.05, 3.63) is 45.7 Å². The summed E-state index contributed by atoms with van der Waals surface area (Å²) in [6.45, 7) is 2.25. The zero-order chi connectivity index (χ0) is 15.4. The molecule has 0 atom stereocenters. The maximum Gasteiger partial charge on any atom is 0.259 e. The lowest BCUT2D eigenvalue weighted by atomic mass is 10.1. The van der Waals surface area contributed by atoms with Crippen LogP contribution in [0.5, 0.6) is 5.75 Å². The van der Waals surface area contributed by atoms with Crippen LogP contribution in [0.15, 0.2) is 34.9 Å². The van der Waals surface area contributed by atoms with Crippen LogP contribution in [-0.4, -0.2) is 17.5 Å². The van der Waals surface area contributed by atoms with Gasteiger partial charge in [-0.25, -0.2) is 4.98 Å². The van der Waals surface area contributed by atoms with Crippen molar-refractivity contribution in [1.29, 1.82) is 0 Å². The van der Waals surface area contributed by atoms with Gasteiger partial charge in [-0.2, -0.15) is 0 Å². The van der Waals surface area contributed by atoms with E-state index in [1.807, 2.05) is 6.92 Å². The van der Waals surface area contributed by atoms with E-state index in [0.717, 1.165) is 0 Å². The third-order valence-corrected chi connectivity index (χ3v) is 3.77. The van der Waals surface area contributed by atoms with Crippen LogP contribution < -0.4 is 15.8 Å². The van der Waals surface area contributed by atoms with Gasteiger partial charge in [-0.15, -0.1) is 0 Å². The quantitative estimate of drug-likeness (QED) is 0.635. The van der Waals surface area contributed by atoms with Crippen LogP contribution in [0.3, 0.4) is 0 Å². The molecule has 0 radical (unpaired) electrons. The number of carbonyl (C=O) groups excluding carboxylic acids is 1. The van der Waals surface area contributed by atoms with E-state index in [4.69, 9.17) is 22.1 Å². The summed E-state index contributed by atoms with van der Waals surface area (Å²) in [4.78, 5) is 16.3. The molecule has 0 aliphatic carbocycles. The van der Waals surface area contributed by atoms with Gasteiger partial charge in [0.1, 0.15) is 5.15 Å². The van der Waals surface area contributed by atoms with Crippen molar-refractivity contribution in [3.8, 4) is 5.75 Å². The average molecular weight is 371 g/mol. The third-order valence-electron chi connectivity index (χ3n) is 2.63. The molecular formula is C14H13BrClN3O2. The van der Waals surface area contributed by atoms with Crippen molar-refractivity contribution in [3.63, 3.8) is 0 Å². The van der Waals surface area contributed by atoms with Gasteiger partial charge in [-0.1, -0.05) is 17.7 Å². The van der Waals surface area contributed by atoms with Gasteiger partial charge < -0.3 is 15.8 Å². The van der Waals surface area contributed by atoms with Crippen LogP contribution in [0.2, 0.25) is 5.15 Å². The summed E-state index contributed by atoms with van der Waals surface area (Å²) in [5.41, 5.74) is 7.14. The number of amides is 1. The molecule has 1 heterocycles. The number of nitrogens with zero attached hydrogens (tertiary/aromatic N) is 1. The first kappa shape index (κ1) is 15.6. The Hall–Kier alpha value is -1.79. The van der Waals surface area contributed by atoms with Gasteiger partial charge in [0.15, 0.2) is 5.75 Å². The summed E-state index contributed by atoms with van der Waals surface area (Å²) in [6.07, 6.45) is 1.47. The molecule has 110 valence electrons. The first-order chi connectivity index (χ1) is 10.0. The fourth-order valence-electron chi connectivity index (χ4n) is 1.73. The molecule has 3 N–H and O–H groups in total. The zero-order valence-corrected chi connectivity index (χ0v) is 13.5. The Bertz CT molecular complexity index is 679. The molecule has 5 nitrogen and oxygen atoms in total. The molecule has 0 aliphatic heterocycles.